The molecule has 10 heteroatoms. The molecule has 3 N–H and O–H groups in total. The van der Waals surface area contributed by atoms with Crippen molar-refractivity contribution >= 4 is 61.4 Å². The van der Waals surface area contributed by atoms with Gasteiger partial charge in [-0.2, -0.15) is 5.10 Å². The average molecular weight is 604 g/mol. The van der Waals surface area contributed by atoms with Gasteiger partial charge in [0.15, 0.2) is 18.1 Å². The molecule has 0 saturated carbocycles. The number of nitrogens with one attached hydrogen (secondary N) is 3. The summed E-state index contributed by atoms with van der Waals surface area (Å²) in [5, 5.41) is 9.46. The van der Waals surface area contributed by atoms with Crippen molar-refractivity contribution < 1.29 is 19.1 Å². The monoisotopic (exact) mass is 602 g/mol. The zero-order valence-electron chi connectivity index (χ0n) is 19.3. The quantitative estimate of drug-likeness (QED) is 0.217. The van der Waals surface area contributed by atoms with Gasteiger partial charge < -0.3 is 20.1 Å². The standard InChI is InChI=1S/C25H24Br2N4O4/c1-15-4-6-18(7-5-15)29-23(32)14-35-24-21(27)11-17(12-22(24)34-3)13-28-31-25(33)30-19-8-9-20(26)16(2)10-19/h4-13H,14H2,1-3H3,(H,29,32)(H2,30,31,33)/b28-13+. The largest absolute Gasteiger partial charge is 0.493 e. The van der Waals surface area contributed by atoms with Crippen molar-refractivity contribution in [2.24, 2.45) is 5.10 Å². The number of amides is 3. The molecular formula is C25H24Br2N4O4. The molecule has 182 valence electrons. The maximum absolute atomic E-state index is 12.3. The number of aryl methyl sites for hydroxylation is 2. The van der Waals surface area contributed by atoms with Gasteiger partial charge in [0.2, 0.25) is 0 Å². The Hall–Kier alpha value is -3.37. The van der Waals surface area contributed by atoms with Gasteiger partial charge >= 0.3 is 6.03 Å². The lowest BCUT2D eigenvalue weighted by molar-refractivity contribution is -0.118. The minimum Gasteiger partial charge on any atom is -0.493 e. The van der Waals surface area contributed by atoms with E-state index in [4.69, 9.17) is 9.47 Å². The molecule has 0 saturated heterocycles. The smallest absolute Gasteiger partial charge is 0.339 e. The third kappa shape index (κ3) is 7.83. The van der Waals surface area contributed by atoms with Crippen LogP contribution in [-0.4, -0.2) is 31.9 Å². The Morgan fingerprint density at radius 2 is 1.66 bits per heavy atom. The van der Waals surface area contributed by atoms with Crippen LogP contribution in [0.5, 0.6) is 11.5 Å². The van der Waals surface area contributed by atoms with Crippen LogP contribution in [0.25, 0.3) is 0 Å². The zero-order valence-corrected chi connectivity index (χ0v) is 22.5. The molecule has 35 heavy (non-hydrogen) atoms. The molecule has 0 atom stereocenters. The van der Waals surface area contributed by atoms with E-state index in [2.05, 4.69) is 53.0 Å². The first-order chi connectivity index (χ1) is 16.7. The summed E-state index contributed by atoms with van der Waals surface area (Å²) in [6, 6.07) is 15.9. The fourth-order valence-electron chi connectivity index (χ4n) is 2.97. The number of hydrogen-bond donors (Lipinski definition) is 3. The lowest BCUT2D eigenvalue weighted by Crippen LogP contribution is -2.24. The minimum atomic E-state index is -0.478. The topological polar surface area (TPSA) is 101 Å². The van der Waals surface area contributed by atoms with E-state index in [1.165, 1.54) is 13.3 Å². The molecule has 3 amide bonds. The van der Waals surface area contributed by atoms with Crippen LogP contribution in [0, 0.1) is 13.8 Å². The summed E-state index contributed by atoms with van der Waals surface area (Å²) in [5.41, 5.74) is 6.50. The van der Waals surface area contributed by atoms with E-state index < -0.39 is 6.03 Å². The molecule has 0 aliphatic heterocycles. The molecule has 0 aliphatic carbocycles. The highest BCUT2D eigenvalue weighted by atomic mass is 79.9. The summed E-state index contributed by atoms with van der Waals surface area (Å²) in [6.45, 7) is 3.70. The maximum atomic E-state index is 12.3. The molecule has 0 spiro atoms. The molecular weight excluding hydrogens is 580 g/mol. The number of nitrogens with zero attached hydrogens (tertiary/aromatic N) is 1. The Kier molecular flexibility index (Phi) is 9.27. The van der Waals surface area contributed by atoms with E-state index in [0.29, 0.717) is 32.9 Å². The number of ether oxygens (including phenoxy) is 2. The molecule has 3 rings (SSSR count). The normalized spacial score (nSPS) is 10.7. The SMILES string of the molecule is COc1cc(/C=N/NC(=O)Nc2ccc(Br)c(C)c2)cc(Br)c1OCC(=O)Nc1ccc(C)cc1. The Morgan fingerprint density at radius 3 is 2.34 bits per heavy atom. The number of benzene rings is 3. The molecule has 0 fully saturated rings. The number of urea groups is 1. The lowest BCUT2D eigenvalue weighted by atomic mass is 10.2. The highest BCUT2D eigenvalue weighted by Gasteiger charge is 2.13. The summed E-state index contributed by atoms with van der Waals surface area (Å²) in [6.07, 6.45) is 1.47. The second-order valence-electron chi connectivity index (χ2n) is 7.53. The van der Waals surface area contributed by atoms with Crippen molar-refractivity contribution in [1.29, 1.82) is 0 Å². The van der Waals surface area contributed by atoms with Gasteiger partial charge in [0.05, 0.1) is 17.8 Å². The number of hydrogen-bond acceptors (Lipinski definition) is 5. The van der Waals surface area contributed by atoms with Crippen LogP contribution in [0.2, 0.25) is 0 Å². The summed E-state index contributed by atoms with van der Waals surface area (Å²) in [4.78, 5) is 24.4. The molecule has 3 aromatic carbocycles. The molecule has 0 bridgehead atoms. The Bertz CT molecular complexity index is 1250. The summed E-state index contributed by atoms with van der Waals surface area (Å²) >= 11 is 6.86. The first-order valence-electron chi connectivity index (χ1n) is 10.5. The number of carbonyl (C=O) groups excluding carboxylic acids is 2. The van der Waals surface area contributed by atoms with Gasteiger partial charge in [0, 0.05) is 15.8 Å². The van der Waals surface area contributed by atoms with E-state index in [0.717, 1.165) is 15.6 Å². The fourth-order valence-corrected chi connectivity index (χ4v) is 3.79. The molecule has 0 aliphatic rings. The first kappa shape index (κ1) is 26.2. The van der Waals surface area contributed by atoms with Crippen molar-refractivity contribution in [3.8, 4) is 11.5 Å². The van der Waals surface area contributed by atoms with Gasteiger partial charge in [0.1, 0.15) is 0 Å². The van der Waals surface area contributed by atoms with E-state index in [9.17, 15) is 9.59 Å². The second kappa shape index (κ2) is 12.4. The number of rotatable bonds is 8. The number of anilines is 2. The van der Waals surface area contributed by atoms with Crippen molar-refractivity contribution in [2.75, 3.05) is 24.4 Å². The van der Waals surface area contributed by atoms with Gasteiger partial charge in [-0.15, -0.1) is 0 Å². The van der Waals surface area contributed by atoms with E-state index in [-0.39, 0.29) is 12.5 Å². The minimum absolute atomic E-state index is 0.201. The highest BCUT2D eigenvalue weighted by molar-refractivity contribution is 9.10. The Labute approximate surface area is 220 Å². The molecule has 0 aromatic heterocycles. The van der Waals surface area contributed by atoms with Gasteiger partial charge in [-0.05, 0) is 83.4 Å². The summed E-state index contributed by atoms with van der Waals surface area (Å²) in [7, 11) is 1.49. The fraction of sp³-hybridized carbons (Fsp3) is 0.160. The summed E-state index contributed by atoms with van der Waals surface area (Å²) in [5.74, 6) is 0.475. The zero-order chi connectivity index (χ0) is 25.4. The van der Waals surface area contributed by atoms with Crippen LogP contribution in [0.15, 0.2) is 68.6 Å². The predicted octanol–water partition coefficient (Wildman–Crippen LogP) is 6.01. The van der Waals surface area contributed by atoms with Gasteiger partial charge in [-0.1, -0.05) is 33.6 Å². The Morgan fingerprint density at radius 1 is 0.943 bits per heavy atom. The van der Waals surface area contributed by atoms with Gasteiger partial charge in [-0.25, -0.2) is 10.2 Å². The molecule has 0 radical (unpaired) electrons. The number of methoxy groups -OCH3 is 1. The van der Waals surface area contributed by atoms with Crippen LogP contribution in [0.4, 0.5) is 16.2 Å². The maximum Gasteiger partial charge on any atom is 0.339 e. The predicted molar refractivity (Wildman–Crippen MR) is 145 cm³/mol. The van der Waals surface area contributed by atoms with Crippen molar-refractivity contribution in [3.63, 3.8) is 0 Å². The number of hydrazone groups is 1. The third-order valence-corrected chi connectivity index (χ3v) is 6.21. The van der Waals surface area contributed by atoms with E-state index >= 15 is 0 Å². The van der Waals surface area contributed by atoms with E-state index in [1.807, 2.05) is 50.2 Å². The first-order valence-corrected chi connectivity index (χ1v) is 12.1. The van der Waals surface area contributed by atoms with Crippen LogP contribution in [0.3, 0.4) is 0 Å². The highest BCUT2D eigenvalue weighted by Crippen LogP contribution is 2.36. The lowest BCUT2D eigenvalue weighted by Gasteiger charge is -2.13. The van der Waals surface area contributed by atoms with Gasteiger partial charge in [0.25, 0.3) is 5.91 Å². The molecule has 3 aromatic rings. The van der Waals surface area contributed by atoms with Crippen LogP contribution in [-0.2, 0) is 4.79 Å². The third-order valence-electron chi connectivity index (χ3n) is 4.73. The van der Waals surface area contributed by atoms with Crippen molar-refractivity contribution in [1.82, 2.24) is 5.43 Å². The average Bonchev–Trinajstić information content (AvgIpc) is 2.82. The van der Waals surface area contributed by atoms with Crippen molar-refractivity contribution in [3.05, 3.63) is 80.2 Å². The van der Waals surface area contributed by atoms with E-state index in [1.54, 1.807) is 18.2 Å². The van der Waals surface area contributed by atoms with Crippen LogP contribution >= 0.6 is 31.9 Å². The Balaban J connectivity index is 1.58. The molecule has 8 nitrogen and oxygen atoms in total. The van der Waals surface area contributed by atoms with Crippen LogP contribution in [0.1, 0.15) is 16.7 Å². The van der Waals surface area contributed by atoms with Gasteiger partial charge in [-0.3, -0.25) is 4.79 Å². The second-order valence-corrected chi connectivity index (χ2v) is 9.23. The molecule has 0 unspecified atom stereocenters. The number of carbonyl (C=O) groups is 2. The summed E-state index contributed by atoms with van der Waals surface area (Å²) < 4.78 is 12.6. The van der Waals surface area contributed by atoms with Crippen LogP contribution < -0.4 is 25.5 Å². The molecule has 0 heterocycles. The number of halogens is 2. The van der Waals surface area contributed by atoms with Crippen molar-refractivity contribution in [2.45, 2.75) is 13.8 Å².